The second-order valence-electron chi connectivity index (χ2n) is 6.27. The molecule has 0 saturated heterocycles. The van der Waals surface area contributed by atoms with Crippen LogP contribution < -0.4 is 0 Å². The average molecular weight is 351 g/mol. The Balaban J connectivity index is 1.72. The number of para-hydroxylation sites is 1. The lowest BCUT2D eigenvalue weighted by atomic mass is 10.0. The van der Waals surface area contributed by atoms with Gasteiger partial charge in [0.15, 0.2) is 5.78 Å². The molecule has 0 N–H and O–H groups in total. The smallest absolute Gasteiger partial charge is 0.192 e. The van der Waals surface area contributed by atoms with Gasteiger partial charge in [0, 0.05) is 24.2 Å². The number of carbonyl (C=O) groups is 1. The predicted molar refractivity (Wildman–Crippen MR) is 94.9 cm³/mol. The highest BCUT2D eigenvalue weighted by molar-refractivity contribution is 6.04. The van der Waals surface area contributed by atoms with Crippen molar-refractivity contribution in [2.24, 2.45) is 0 Å². The zero-order valence-electron chi connectivity index (χ0n) is 14.6. The maximum absolute atomic E-state index is 14.1. The largest absolute Gasteiger partial charge is 0.370 e. The van der Waals surface area contributed by atoms with Crippen molar-refractivity contribution in [3.63, 3.8) is 0 Å². The van der Waals surface area contributed by atoms with Crippen molar-refractivity contribution in [2.45, 2.75) is 26.4 Å². The van der Waals surface area contributed by atoms with Gasteiger partial charge < -0.3 is 4.74 Å². The monoisotopic (exact) mass is 351 g/mol. The lowest BCUT2D eigenvalue weighted by Crippen LogP contribution is -2.19. The van der Waals surface area contributed by atoms with Crippen LogP contribution in [-0.4, -0.2) is 33.5 Å². The number of benzene rings is 2. The number of hydrogen-bond acceptors (Lipinski definition) is 4. The molecule has 1 aliphatic carbocycles. The Morgan fingerprint density at radius 1 is 1.27 bits per heavy atom. The van der Waals surface area contributed by atoms with Crippen LogP contribution >= 0.6 is 0 Å². The lowest BCUT2D eigenvalue weighted by molar-refractivity contribution is 0.0501. The summed E-state index contributed by atoms with van der Waals surface area (Å²) in [6, 6.07) is 12.1. The fourth-order valence-corrected chi connectivity index (χ4v) is 3.40. The zero-order valence-corrected chi connectivity index (χ0v) is 14.6. The van der Waals surface area contributed by atoms with Crippen LogP contribution in [0.5, 0.6) is 0 Å². The molecule has 0 radical (unpaired) electrons. The summed E-state index contributed by atoms with van der Waals surface area (Å²) in [6.07, 6.45) is 0.163. The first-order chi connectivity index (χ1) is 12.6. The molecule has 4 rings (SSSR count). The molecule has 0 spiro atoms. The van der Waals surface area contributed by atoms with Gasteiger partial charge in [-0.05, 0) is 37.6 Å². The van der Waals surface area contributed by atoms with Gasteiger partial charge in [-0.3, -0.25) is 4.79 Å². The molecule has 1 aromatic heterocycles. The third-order valence-corrected chi connectivity index (χ3v) is 4.68. The Bertz CT molecular complexity index is 996. The summed E-state index contributed by atoms with van der Waals surface area (Å²) in [7, 11) is 0. The molecule has 3 aromatic rings. The third-order valence-electron chi connectivity index (χ3n) is 4.68. The van der Waals surface area contributed by atoms with Crippen LogP contribution in [0, 0.1) is 12.7 Å². The number of carbonyl (C=O) groups excluding carboxylic acids is 1. The maximum atomic E-state index is 14.1. The second kappa shape index (κ2) is 6.46. The molecule has 132 valence electrons. The second-order valence-corrected chi connectivity index (χ2v) is 6.27. The van der Waals surface area contributed by atoms with E-state index in [1.54, 1.807) is 18.2 Å². The molecule has 1 atom stereocenters. The van der Waals surface area contributed by atoms with Gasteiger partial charge in [-0.2, -0.15) is 0 Å². The average Bonchev–Trinajstić information content (AvgIpc) is 3.16. The molecule has 1 unspecified atom stereocenters. The topological polar surface area (TPSA) is 57.0 Å². The molecule has 6 heteroatoms. The lowest BCUT2D eigenvalue weighted by Gasteiger charge is -2.06. The van der Waals surface area contributed by atoms with Gasteiger partial charge in [0.1, 0.15) is 23.3 Å². The first kappa shape index (κ1) is 16.6. The standard InChI is InChI=1S/C20H18FN3O2/c1-3-26-18-11-14-10-13(8-9-15(14)20(18)25)19-12(2)24(23-22-19)17-7-5-4-6-16(17)21/h4-10,18H,3,11H2,1-2H3. The third kappa shape index (κ3) is 2.63. The number of aromatic nitrogens is 3. The Hall–Kier alpha value is -2.86. The van der Waals surface area contributed by atoms with Crippen LogP contribution in [0.3, 0.4) is 0 Å². The summed E-state index contributed by atoms with van der Waals surface area (Å²) >= 11 is 0. The van der Waals surface area contributed by atoms with E-state index in [2.05, 4.69) is 10.3 Å². The Labute approximate surface area is 150 Å². The van der Waals surface area contributed by atoms with E-state index in [1.807, 2.05) is 32.0 Å². The van der Waals surface area contributed by atoms with E-state index in [1.165, 1.54) is 10.7 Å². The summed E-state index contributed by atoms with van der Waals surface area (Å²) in [5, 5.41) is 8.34. The van der Waals surface area contributed by atoms with E-state index in [0.29, 0.717) is 30.0 Å². The number of rotatable bonds is 4. The van der Waals surface area contributed by atoms with E-state index in [4.69, 9.17) is 4.74 Å². The Morgan fingerprint density at radius 2 is 2.08 bits per heavy atom. The normalized spacial score (nSPS) is 16.1. The molecule has 0 amide bonds. The number of hydrogen-bond donors (Lipinski definition) is 0. The SMILES string of the molecule is CCOC1Cc2cc(-c3nnn(-c4ccccc4F)c3C)ccc2C1=O. The fourth-order valence-electron chi connectivity index (χ4n) is 3.40. The van der Waals surface area contributed by atoms with Crippen molar-refractivity contribution in [1.82, 2.24) is 15.0 Å². The van der Waals surface area contributed by atoms with Crippen molar-refractivity contribution < 1.29 is 13.9 Å². The van der Waals surface area contributed by atoms with E-state index in [9.17, 15) is 9.18 Å². The van der Waals surface area contributed by atoms with E-state index < -0.39 is 6.10 Å². The zero-order chi connectivity index (χ0) is 18.3. The number of ketones is 1. The molecule has 0 fully saturated rings. The number of fused-ring (bicyclic) bond motifs is 1. The summed E-state index contributed by atoms with van der Waals surface area (Å²) in [5.74, 6) is -0.328. The minimum atomic E-state index is -0.402. The van der Waals surface area contributed by atoms with Gasteiger partial charge in [-0.15, -0.1) is 5.10 Å². The molecule has 5 nitrogen and oxygen atoms in total. The first-order valence-corrected chi connectivity index (χ1v) is 8.56. The number of halogens is 1. The van der Waals surface area contributed by atoms with E-state index >= 15 is 0 Å². The van der Waals surface area contributed by atoms with Crippen LogP contribution in [0.2, 0.25) is 0 Å². The molecule has 1 aliphatic rings. The molecule has 2 aromatic carbocycles. The first-order valence-electron chi connectivity index (χ1n) is 8.56. The summed E-state index contributed by atoms with van der Waals surface area (Å²) in [4.78, 5) is 12.3. The van der Waals surface area contributed by atoms with Crippen molar-refractivity contribution in [1.29, 1.82) is 0 Å². The summed E-state index contributed by atoms with van der Waals surface area (Å²) < 4.78 is 21.1. The van der Waals surface area contributed by atoms with Crippen LogP contribution in [0.15, 0.2) is 42.5 Å². The quantitative estimate of drug-likeness (QED) is 0.722. The highest BCUT2D eigenvalue weighted by Crippen LogP contribution is 2.30. The maximum Gasteiger partial charge on any atom is 0.192 e. The van der Waals surface area contributed by atoms with Gasteiger partial charge in [0.25, 0.3) is 0 Å². The van der Waals surface area contributed by atoms with Crippen molar-refractivity contribution in [3.05, 3.63) is 65.1 Å². The van der Waals surface area contributed by atoms with Gasteiger partial charge in [-0.1, -0.05) is 29.5 Å². The van der Waals surface area contributed by atoms with Gasteiger partial charge >= 0.3 is 0 Å². The van der Waals surface area contributed by atoms with Crippen molar-refractivity contribution in [2.75, 3.05) is 6.61 Å². The van der Waals surface area contributed by atoms with Crippen molar-refractivity contribution >= 4 is 5.78 Å². The van der Waals surface area contributed by atoms with Crippen molar-refractivity contribution in [3.8, 4) is 16.9 Å². The van der Waals surface area contributed by atoms with Gasteiger partial charge in [-0.25, -0.2) is 9.07 Å². The van der Waals surface area contributed by atoms with Gasteiger partial charge in [0.05, 0.1) is 5.69 Å². The Kier molecular flexibility index (Phi) is 4.12. The van der Waals surface area contributed by atoms with Gasteiger partial charge in [0.2, 0.25) is 0 Å². The predicted octanol–water partition coefficient (Wildman–Crippen LogP) is 3.53. The van der Waals surface area contributed by atoms with Crippen LogP contribution in [0.4, 0.5) is 4.39 Å². The Morgan fingerprint density at radius 3 is 2.85 bits per heavy atom. The van der Waals surface area contributed by atoms with Crippen LogP contribution in [0.1, 0.15) is 28.5 Å². The molecule has 0 bridgehead atoms. The molecule has 0 aliphatic heterocycles. The minimum absolute atomic E-state index is 0.0279. The molecule has 26 heavy (non-hydrogen) atoms. The van der Waals surface area contributed by atoms with E-state index in [0.717, 1.165) is 16.8 Å². The molecule has 1 heterocycles. The molecule has 0 saturated carbocycles. The van der Waals surface area contributed by atoms with Crippen LogP contribution in [-0.2, 0) is 11.2 Å². The number of nitrogens with zero attached hydrogens (tertiary/aromatic N) is 3. The molecular formula is C20H18FN3O2. The highest BCUT2D eigenvalue weighted by atomic mass is 19.1. The highest BCUT2D eigenvalue weighted by Gasteiger charge is 2.31. The molecular weight excluding hydrogens is 333 g/mol. The number of Topliss-reactive ketones (excluding diaryl/α,β-unsaturated/α-hetero) is 1. The number of ether oxygens (including phenoxy) is 1. The summed E-state index contributed by atoms with van der Waals surface area (Å²) in [5.41, 5.74) is 4.27. The fraction of sp³-hybridized carbons (Fsp3) is 0.250. The van der Waals surface area contributed by atoms with Crippen LogP contribution in [0.25, 0.3) is 16.9 Å². The summed E-state index contributed by atoms with van der Waals surface area (Å²) in [6.45, 7) is 4.24. The minimum Gasteiger partial charge on any atom is -0.370 e. The van der Waals surface area contributed by atoms with E-state index in [-0.39, 0.29) is 11.6 Å².